The van der Waals surface area contributed by atoms with E-state index in [0.29, 0.717) is 42.3 Å². The van der Waals surface area contributed by atoms with Gasteiger partial charge in [0.1, 0.15) is 17.1 Å². The lowest BCUT2D eigenvalue weighted by molar-refractivity contribution is -0.115. The standard InChI is InChI=1S/C23H27N3O4S/c1-15-13-16(2)21(17(3)14-15)31(28,29)26-11-9-23(10-12-26)24-20(22(27)25-23)18-5-7-19(30-4)8-6-18/h5-8,13-14H,9-12H2,1-4H3,(H,25,27). The summed E-state index contributed by atoms with van der Waals surface area (Å²) in [6, 6.07) is 11.0. The van der Waals surface area contributed by atoms with Crippen LogP contribution in [0, 0.1) is 20.8 Å². The van der Waals surface area contributed by atoms with E-state index >= 15 is 0 Å². The second-order valence-corrected chi connectivity index (χ2v) is 10.2. The number of nitrogens with one attached hydrogen (secondary N) is 1. The van der Waals surface area contributed by atoms with Crippen LogP contribution in [-0.2, 0) is 14.8 Å². The molecular weight excluding hydrogens is 414 g/mol. The fourth-order valence-electron chi connectivity index (χ4n) is 4.54. The zero-order chi connectivity index (χ0) is 22.4. The predicted molar refractivity (Wildman–Crippen MR) is 119 cm³/mol. The molecule has 7 nitrogen and oxygen atoms in total. The molecule has 2 aliphatic heterocycles. The molecule has 2 aromatic carbocycles. The third kappa shape index (κ3) is 3.85. The lowest BCUT2D eigenvalue weighted by atomic mass is 10.00. The average Bonchev–Trinajstić information content (AvgIpc) is 3.03. The van der Waals surface area contributed by atoms with Crippen LogP contribution in [0.2, 0.25) is 0 Å². The molecule has 2 aliphatic rings. The molecule has 1 spiro atoms. The number of ether oxygens (including phenoxy) is 1. The number of carbonyl (C=O) groups is 1. The molecule has 2 aromatic rings. The summed E-state index contributed by atoms with van der Waals surface area (Å²) in [7, 11) is -2.03. The quantitative estimate of drug-likeness (QED) is 0.790. The van der Waals surface area contributed by atoms with E-state index in [1.165, 1.54) is 4.31 Å². The SMILES string of the molecule is COc1ccc(C2=NC3(CCN(S(=O)(=O)c4c(C)cc(C)cc4C)CC3)NC2=O)cc1. The number of methoxy groups -OCH3 is 1. The predicted octanol–water partition coefficient (Wildman–Crippen LogP) is 2.72. The lowest BCUT2D eigenvalue weighted by Crippen LogP contribution is -2.52. The van der Waals surface area contributed by atoms with Gasteiger partial charge in [-0.1, -0.05) is 17.7 Å². The molecule has 4 rings (SSSR count). The van der Waals surface area contributed by atoms with Gasteiger partial charge in [0.05, 0.1) is 12.0 Å². The van der Waals surface area contributed by atoms with Crippen molar-refractivity contribution in [2.45, 2.75) is 44.2 Å². The van der Waals surface area contributed by atoms with Gasteiger partial charge in [0.15, 0.2) is 0 Å². The molecule has 0 atom stereocenters. The van der Waals surface area contributed by atoms with E-state index in [4.69, 9.17) is 9.73 Å². The van der Waals surface area contributed by atoms with Crippen molar-refractivity contribution in [1.82, 2.24) is 9.62 Å². The number of rotatable bonds is 4. The Morgan fingerprint density at radius 1 is 1.03 bits per heavy atom. The lowest BCUT2D eigenvalue weighted by Gasteiger charge is -2.36. The Balaban J connectivity index is 1.55. The summed E-state index contributed by atoms with van der Waals surface area (Å²) in [6.45, 7) is 6.23. The Morgan fingerprint density at radius 3 is 2.16 bits per heavy atom. The van der Waals surface area contributed by atoms with Gasteiger partial charge in [-0.15, -0.1) is 0 Å². The number of hydrogen-bond acceptors (Lipinski definition) is 5. The Labute approximate surface area is 183 Å². The first-order chi connectivity index (χ1) is 14.6. The molecule has 0 aliphatic carbocycles. The second kappa shape index (κ2) is 7.76. The van der Waals surface area contributed by atoms with Gasteiger partial charge in [-0.25, -0.2) is 8.42 Å². The summed E-state index contributed by atoms with van der Waals surface area (Å²) >= 11 is 0. The Hall–Kier alpha value is -2.71. The first-order valence-corrected chi connectivity index (χ1v) is 11.7. The van der Waals surface area contributed by atoms with Gasteiger partial charge in [0.2, 0.25) is 10.0 Å². The molecule has 1 fully saturated rings. The van der Waals surface area contributed by atoms with E-state index in [1.54, 1.807) is 31.4 Å². The minimum absolute atomic E-state index is 0.230. The number of piperidine rings is 1. The van der Waals surface area contributed by atoms with Gasteiger partial charge in [0.25, 0.3) is 5.91 Å². The smallest absolute Gasteiger partial charge is 0.272 e. The van der Waals surface area contributed by atoms with Crippen molar-refractivity contribution in [2.24, 2.45) is 4.99 Å². The third-order valence-corrected chi connectivity index (χ3v) is 8.21. The first kappa shape index (κ1) is 21.5. The Morgan fingerprint density at radius 2 is 1.61 bits per heavy atom. The molecular formula is C23H27N3O4S. The zero-order valence-electron chi connectivity index (χ0n) is 18.2. The fourth-order valence-corrected chi connectivity index (χ4v) is 6.40. The first-order valence-electron chi connectivity index (χ1n) is 10.3. The van der Waals surface area contributed by atoms with Crippen LogP contribution in [-0.4, -0.2) is 50.2 Å². The largest absolute Gasteiger partial charge is 0.497 e. The van der Waals surface area contributed by atoms with Crippen molar-refractivity contribution >= 4 is 21.6 Å². The minimum Gasteiger partial charge on any atom is -0.497 e. The Kier molecular flexibility index (Phi) is 5.39. The maximum absolute atomic E-state index is 13.3. The fraction of sp³-hybridized carbons (Fsp3) is 0.391. The van der Waals surface area contributed by atoms with Crippen molar-refractivity contribution in [3.8, 4) is 5.75 Å². The highest BCUT2D eigenvalue weighted by molar-refractivity contribution is 7.89. The van der Waals surface area contributed by atoms with E-state index in [1.807, 2.05) is 32.9 Å². The summed E-state index contributed by atoms with van der Waals surface area (Å²) in [5.41, 5.74) is 2.90. The van der Waals surface area contributed by atoms with E-state index in [2.05, 4.69) is 5.32 Å². The Bertz CT molecular complexity index is 1140. The molecule has 164 valence electrons. The van der Waals surface area contributed by atoms with Crippen LogP contribution in [0.25, 0.3) is 0 Å². The van der Waals surface area contributed by atoms with Crippen LogP contribution in [0.3, 0.4) is 0 Å². The molecule has 0 aromatic heterocycles. The van der Waals surface area contributed by atoms with E-state index in [-0.39, 0.29) is 5.91 Å². The normalized spacial score (nSPS) is 18.7. The number of sulfonamides is 1. The van der Waals surface area contributed by atoms with E-state index in [9.17, 15) is 13.2 Å². The maximum atomic E-state index is 13.3. The van der Waals surface area contributed by atoms with Gasteiger partial charge in [0, 0.05) is 31.5 Å². The van der Waals surface area contributed by atoms with Crippen LogP contribution in [0.1, 0.15) is 35.1 Å². The van der Waals surface area contributed by atoms with Crippen molar-refractivity contribution in [1.29, 1.82) is 0 Å². The molecule has 2 heterocycles. The molecule has 0 unspecified atom stereocenters. The van der Waals surface area contributed by atoms with Crippen LogP contribution in [0.4, 0.5) is 0 Å². The third-order valence-electron chi connectivity index (χ3n) is 6.00. The summed E-state index contributed by atoms with van der Waals surface area (Å²) < 4.78 is 33.4. The highest BCUT2D eigenvalue weighted by Gasteiger charge is 2.44. The van der Waals surface area contributed by atoms with Gasteiger partial charge in [-0.3, -0.25) is 9.79 Å². The molecule has 0 radical (unpaired) electrons. The number of nitrogens with zero attached hydrogens (tertiary/aromatic N) is 2. The molecule has 0 bridgehead atoms. The molecule has 1 saturated heterocycles. The number of hydrogen-bond donors (Lipinski definition) is 1. The van der Waals surface area contributed by atoms with Crippen LogP contribution < -0.4 is 10.1 Å². The van der Waals surface area contributed by atoms with Crippen LogP contribution in [0.15, 0.2) is 46.3 Å². The average molecular weight is 442 g/mol. The number of benzene rings is 2. The van der Waals surface area contributed by atoms with Crippen LogP contribution >= 0.6 is 0 Å². The zero-order valence-corrected chi connectivity index (χ0v) is 19.0. The second-order valence-electron chi connectivity index (χ2n) is 8.31. The highest BCUT2D eigenvalue weighted by atomic mass is 32.2. The summed E-state index contributed by atoms with van der Waals surface area (Å²) in [4.78, 5) is 17.7. The summed E-state index contributed by atoms with van der Waals surface area (Å²) in [6.07, 6.45) is 0.864. The number of carbonyl (C=O) groups excluding carboxylic acids is 1. The number of aliphatic imine (C=N–C) groups is 1. The van der Waals surface area contributed by atoms with Crippen molar-refractivity contribution in [2.75, 3.05) is 20.2 Å². The molecule has 0 saturated carbocycles. The summed E-state index contributed by atoms with van der Waals surface area (Å²) in [5, 5.41) is 2.99. The molecule has 8 heteroatoms. The molecule has 1 N–H and O–H groups in total. The number of amides is 1. The van der Waals surface area contributed by atoms with Gasteiger partial charge >= 0.3 is 0 Å². The van der Waals surface area contributed by atoms with Gasteiger partial charge < -0.3 is 10.1 Å². The topological polar surface area (TPSA) is 88.1 Å². The van der Waals surface area contributed by atoms with Gasteiger partial charge in [-0.05, 0) is 56.2 Å². The van der Waals surface area contributed by atoms with Crippen molar-refractivity contribution in [3.05, 3.63) is 58.7 Å². The van der Waals surface area contributed by atoms with Crippen molar-refractivity contribution < 1.29 is 17.9 Å². The van der Waals surface area contributed by atoms with E-state index in [0.717, 1.165) is 22.3 Å². The highest BCUT2D eigenvalue weighted by Crippen LogP contribution is 2.33. The molecule has 1 amide bonds. The van der Waals surface area contributed by atoms with Crippen molar-refractivity contribution in [3.63, 3.8) is 0 Å². The molecule has 31 heavy (non-hydrogen) atoms. The number of aryl methyl sites for hydroxylation is 3. The maximum Gasteiger partial charge on any atom is 0.272 e. The summed E-state index contributed by atoms with van der Waals surface area (Å²) in [5.74, 6) is 0.476. The monoisotopic (exact) mass is 441 g/mol. The van der Waals surface area contributed by atoms with Crippen LogP contribution in [0.5, 0.6) is 5.75 Å². The van der Waals surface area contributed by atoms with E-state index < -0.39 is 15.7 Å². The van der Waals surface area contributed by atoms with Gasteiger partial charge in [-0.2, -0.15) is 4.31 Å². The minimum atomic E-state index is -3.62.